The van der Waals surface area contributed by atoms with E-state index in [9.17, 15) is 9.90 Å². The van der Waals surface area contributed by atoms with E-state index in [0.29, 0.717) is 19.5 Å². The van der Waals surface area contributed by atoms with E-state index in [0.717, 1.165) is 46.9 Å². The molecule has 2 N–H and O–H groups in total. The van der Waals surface area contributed by atoms with Crippen LogP contribution >= 0.6 is 0 Å². The van der Waals surface area contributed by atoms with Crippen LogP contribution in [0.1, 0.15) is 47.8 Å². The highest BCUT2D eigenvalue weighted by Gasteiger charge is 2.25. The van der Waals surface area contributed by atoms with Gasteiger partial charge in [-0.05, 0) is 50.0 Å². The number of piperidine rings is 1. The first-order valence-electron chi connectivity index (χ1n) is 9.74. The van der Waals surface area contributed by atoms with Crippen molar-refractivity contribution in [1.29, 1.82) is 0 Å². The standard InChI is InChI=1S/C21H26N4O2/c1-14(26)15-5-6-18-16(9-15)10-19-20(18)21(24-13-23-19)22-11-17(27)12-25-7-3-2-4-8-25/h5-6,9,13,17,27H,2-4,7-8,10-12H2,1H3,(H,22,23,24). The minimum atomic E-state index is -0.435. The van der Waals surface area contributed by atoms with Gasteiger partial charge in [0.05, 0.1) is 11.8 Å². The number of carbonyl (C=O) groups excluding carboxylic acids is 1. The Balaban J connectivity index is 1.48. The zero-order valence-electron chi connectivity index (χ0n) is 15.7. The molecule has 142 valence electrons. The Bertz CT molecular complexity index is 846. The third-order valence-corrected chi connectivity index (χ3v) is 5.49. The van der Waals surface area contributed by atoms with Gasteiger partial charge >= 0.3 is 0 Å². The summed E-state index contributed by atoms with van der Waals surface area (Å²) < 4.78 is 0. The van der Waals surface area contributed by atoms with Crippen LogP contribution in [-0.2, 0) is 6.42 Å². The van der Waals surface area contributed by atoms with Crippen molar-refractivity contribution in [2.24, 2.45) is 0 Å². The Hall–Kier alpha value is -2.31. The van der Waals surface area contributed by atoms with Gasteiger partial charge in [-0.25, -0.2) is 9.97 Å². The van der Waals surface area contributed by atoms with Crippen molar-refractivity contribution in [2.45, 2.75) is 38.7 Å². The number of aromatic nitrogens is 2. The molecule has 0 bridgehead atoms. The number of rotatable bonds is 6. The smallest absolute Gasteiger partial charge is 0.159 e. The number of Topliss-reactive ketones (excluding diaryl/α,β-unsaturated/α-hetero) is 1. The molecule has 6 nitrogen and oxygen atoms in total. The van der Waals surface area contributed by atoms with E-state index in [-0.39, 0.29) is 5.78 Å². The maximum atomic E-state index is 11.7. The van der Waals surface area contributed by atoms with E-state index < -0.39 is 6.10 Å². The Labute approximate surface area is 159 Å². The molecule has 27 heavy (non-hydrogen) atoms. The molecule has 6 heteroatoms. The number of aliphatic hydroxyl groups excluding tert-OH is 1. The summed E-state index contributed by atoms with van der Waals surface area (Å²) in [6.45, 7) is 4.89. The normalized spacial score (nSPS) is 17.3. The SMILES string of the molecule is CC(=O)c1ccc2c(c1)Cc1ncnc(NCC(O)CN3CCCCC3)c1-2. The van der Waals surface area contributed by atoms with Crippen molar-refractivity contribution in [1.82, 2.24) is 14.9 Å². The highest BCUT2D eigenvalue weighted by molar-refractivity contribution is 5.96. The van der Waals surface area contributed by atoms with E-state index in [2.05, 4.69) is 20.2 Å². The quantitative estimate of drug-likeness (QED) is 0.653. The molecule has 1 aromatic carbocycles. The van der Waals surface area contributed by atoms with Crippen LogP contribution in [0, 0.1) is 0 Å². The van der Waals surface area contributed by atoms with Crippen LogP contribution in [0.4, 0.5) is 5.82 Å². The summed E-state index contributed by atoms with van der Waals surface area (Å²) in [5.74, 6) is 0.825. The third kappa shape index (κ3) is 3.87. The molecule has 1 aromatic heterocycles. The van der Waals surface area contributed by atoms with Gasteiger partial charge in [-0.1, -0.05) is 18.6 Å². The number of hydrogen-bond acceptors (Lipinski definition) is 6. The summed E-state index contributed by atoms with van der Waals surface area (Å²) in [5.41, 5.74) is 4.86. The fraction of sp³-hybridized carbons (Fsp3) is 0.476. The summed E-state index contributed by atoms with van der Waals surface area (Å²) in [6, 6.07) is 5.79. The lowest BCUT2D eigenvalue weighted by Crippen LogP contribution is -2.39. The number of nitrogens with zero attached hydrogens (tertiary/aromatic N) is 3. The number of likely N-dealkylation sites (tertiary alicyclic amines) is 1. The number of β-amino-alcohol motifs (C(OH)–C–C–N with tert-alkyl or cyclic N) is 1. The largest absolute Gasteiger partial charge is 0.390 e. The minimum Gasteiger partial charge on any atom is -0.390 e. The van der Waals surface area contributed by atoms with Gasteiger partial charge in [0.1, 0.15) is 12.1 Å². The fourth-order valence-corrected chi connectivity index (χ4v) is 4.08. The van der Waals surface area contributed by atoms with Gasteiger partial charge in [0, 0.05) is 30.6 Å². The molecular formula is C21H26N4O2. The second-order valence-corrected chi connectivity index (χ2v) is 7.54. The van der Waals surface area contributed by atoms with Crippen LogP contribution in [0.3, 0.4) is 0 Å². The maximum Gasteiger partial charge on any atom is 0.159 e. The first-order chi connectivity index (χ1) is 13.1. The minimum absolute atomic E-state index is 0.0685. The van der Waals surface area contributed by atoms with Gasteiger partial charge in [0.25, 0.3) is 0 Å². The zero-order valence-corrected chi connectivity index (χ0v) is 15.7. The van der Waals surface area contributed by atoms with Gasteiger partial charge in [0.2, 0.25) is 0 Å². The summed E-state index contributed by atoms with van der Waals surface area (Å²) in [6.07, 6.45) is 5.57. The molecule has 1 aliphatic heterocycles. The Morgan fingerprint density at radius 1 is 1.26 bits per heavy atom. The van der Waals surface area contributed by atoms with E-state index in [1.54, 1.807) is 13.3 Å². The van der Waals surface area contributed by atoms with Crippen molar-refractivity contribution >= 4 is 11.6 Å². The van der Waals surface area contributed by atoms with Crippen LogP contribution < -0.4 is 5.32 Å². The highest BCUT2D eigenvalue weighted by Crippen LogP contribution is 2.39. The number of fused-ring (bicyclic) bond motifs is 3. The number of hydrogen-bond donors (Lipinski definition) is 2. The van der Waals surface area contributed by atoms with Gasteiger partial charge in [-0.3, -0.25) is 4.79 Å². The average molecular weight is 366 g/mol. The molecule has 0 saturated carbocycles. The molecule has 0 amide bonds. The lowest BCUT2D eigenvalue weighted by atomic mass is 10.0. The molecule has 2 aromatic rings. The molecule has 2 heterocycles. The molecule has 2 aliphatic rings. The van der Waals surface area contributed by atoms with Crippen molar-refractivity contribution < 1.29 is 9.90 Å². The molecule has 0 radical (unpaired) electrons. The summed E-state index contributed by atoms with van der Waals surface area (Å²) in [5, 5.41) is 13.7. The van der Waals surface area contributed by atoms with Crippen molar-refractivity contribution in [2.75, 3.05) is 31.5 Å². The second-order valence-electron chi connectivity index (χ2n) is 7.54. The molecule has 1 fully saturated rings. The predicted molar refractivity (Wildman–Crippen MR) is 105 cm³/mol. The molecule has 4 rings (SSSR count). The van der Waals surface area contributed by atoms with Crippen LogP contribution in [0.5, 0.6) is 0 Å². The molecule has 0 spiro atoms. The van der Waals surface area contributed by atoms with Crippen molar-refractivity contribution in [3.63, 3.8) is 0 Å². The molecular weight excluding hydrogens is 340 g/mol. The van der Waals surface area contributed by atoms with Crippen LogP contribution in [0.15, 0.2) is 24.5 Å². The van der Waals surface area contributed by atoms with Gasteiger partial charge in [0.15, 0.2) is 5.78 Å². The maximum absolute atomic E-state index is 11.7. The number of benzene rings is 1. The molecule has 1 saturated heterocycles. The number of carbonyl (C=O) groups is 1. The number of ketones is 1. The highest BCUT2D eigenvalue weighted by atomic mass is 16.3. The lowest BCUT2D eigenvalue weighted by molar-refractivity contribution is 0.101. The summed E-state index contributed by atoms with van der Waals surface area (Å²) in [7, 11) is 0. The van der Waals surface area contributed by atoms with E-state index >= 15 is 0 Å². The van der Waals surface area contributed by atoms with Gasteiger partial charge in [-0.2, -0.15) is 0 Å². The van der Waals surface area contributed by atoms with Crippen LogP contribution in [0.2, 0.25) is 0 Å². The molecule has 1 atom stereocenters. The first kappa shape index (κ1) is 18.1. The lowest BCUT2D eigenvalue weighted by Gasteiger charge is -2.28. The number of anilines is 1. The first-order valence-corrected chi connectivity index (χ1v) is 9.74. The van der Waals surface area contributed by atoms with Crippen LogP contribution in [0.25, 0.3) is 11.1 Å². The second kappa shape index (κ2) is 7.74. The summed E-state index contributed by atoms with van der Waals surface area (Å²) >= 11 is 0. The Morgan fingerprint density at radius 2 is 2.07 bits per heavy atom. The van der Waals surface area contributed by atoms with Gasteiger partial charge in [-0.15, -0.1) is 0 Å². The van der Waals surface area contributed by atoms with Crippen molar-refractivity contribution in [3.05, 3.63) is 41.3 Å². The van der Waals surface area contributed by atoms with E-state index in [1.165, 1.54) is 19.3 Å². The molecule has 1 aliphatic carbocycles. The Morgan fingerprint density at radius 3 is 2.85 bits per heavy atom. The average Bonchev–Trinajstić information content (AvgIpc) is 3.05. The number of aliphatic hydroxyl groups is 1. The van der Waals surface area contributed by atoms with Crippen molar-refractivity contribution in [3.8, 4) is 11.1 Å². The Kier molecular flexibility index (Phi) is 5.18. The third-order valence-electron chi connectivity index (χ3n) is 5.49. The summed E-state index contributed by atoms with van der Waals surface area (Å²) in [4.78, 5) is 22.8. The van der Waals surface area contributed by atoms with Gasteiger partial charge < -0.3 is 15.3 Å². The predicted octanol–water partition coefficient (Wildman–Crippen LogP) is 2.51. The van der Waals surface area contributed by atoms with E-state index in [1.807, 2.05) is 18.2 Å². The zero-order chi connectivity index (χ0) is 18.8. The fourth-order valence-electron chi connectivity index (χ4n) is 4.08. The van der Waals surface area contributed by atoms with E-state index in [4.69, 9.17) is 0 Å². The van der Waals surface area contributed by atoms with Crippen LogP contribution in [-0.4, -0.2) is 58.0 Å². The molecule has 1 unspecified atom stereocenters. The number of nitrogens with one attached hydrogen (secondary N) is 1. The monoisotopic (exact) mass is 366 g/mol. The topological polar surface area (TPSA) is 78.3 Å².